The molecule has 3 aromatic rings. The van der Waals surface area contributed by atoms with Crippen LogP contribution in [0.2, 0.25) is 0 Å². The Morgan fingerprint density at radius 1 is 1.25 bits per heavy atom. The first-order valence-electron chi connectivity index (χ1n) is 9.31. The minimum Gasteiger partial charge on any atom is -0.469 e. The molecule has 28 heavy (non-hydrogen) atoms. The normalized spacial score (nSPS) is 12.0. The molecule has 2 heterocycles. The van der Waals surface area contributed by atoms with E-state index in [9.17, 15) is 9.90 Å². The number of urea groups is 1. The topological polar surface area (TPSA) is 92.3 Å². The summed E-state index contributed by atoms with van der Waals surface area (Å²) in [6, 6.07) is 13.1. The third-order valence-electron chi connectivity index (χ3n) is 4.53. The standard InChI is InChI=1S/C21H26N4O3/c1-15-10-16(2)25(24-15)13-17-5-7-19(8-6-17)23-21(27)22-12-18(14-26)11-20-4-3-9-28-20/h3-10,18,26H,11-14H2,1-2H3,(H2,22,23,27). The molecule has 2 amide bonds. The minimum absolute atomic E-state index is 0.0258. The second kappa shape index (κ2) is 9.23. The fourth-order valence-electron chi connectivity index (χ4n) is 3.03. The lowest BCUT2D eigenvalue weighted by molar-refractivity contribution is 0.213. The minimum atomic E-state index is -0.302. The second-order valence-corrected chi connectivity index (χ2v) is 6.95. The Labute approximate surface area is 164 Å². The molecule has 3 rings (SSSR count). The van der Waals surface area contributed by atoms with Gasteiger partial charge in [0.05, 0.1) is 18.5 Å². The van der Waals surface area contributed by atoms with Gasteiger partial charge in [0.25, 0.3) is 0 Å². The first kappa shape index (κ1) is 19.7. The van der Waals surface area contributed by atoms with Gasteiger partial charge < -0.3 is 20.2 Å². The van der Waals surface area contributed by atoms with Crippen molar-refractivity contribution >= 4 is 11.7 Å². The quantitative estimate of drug-likeness (QED) is 0.558. The van der Waals surface area contributed by atoms with Gasteiger partial charge in [-0.25, -0.2) is 4.79 Å². The summed E-state index contributed by atoms with van der Waals surface area (Å²) >= 11 is 0. The summed E-state index contributed by atoms with van der Waals surface area (Å²) in [6.45, 7) is 5.04. The van der Waals surface area contributed by atoms with E-state index in [-0.39, 0.29) is 18.6 Å². The number of carbonyl (C=O) groups is 1. The van der Waals surface area contributed by atoms with E-state index in [4.69, 9.17) is 4.42 Å². The van der Waals surface area contributed by atoms with Gasteiger partial charge in [0, 0.05) is 36.9 Å². The summed E-state index contributed by atoms with van der Waals surface area (Å²) in [5, 5.41) is 19.5. The molecule has 7 nitrogen and oxygen atoms in total. The van der Waals surface area contributed by atoms with E-state index in [2.05, 4.69) is 15.7 Å². The molecule has 3 N–H and O–H groups in total. The van der Waals surface area contributed by atoms with E-state index in [0.717, 1.165) is 22.7 Å². The first-order valence-corrected chi connectivity index (χ1v) is 9.31. The number of aliphatic hydroxyl groups is 1. The third kappa shape index (κ3) is 5.47. The van der Waals surface area contributed by atoms with Crippen LogP contribution in [0.15, 0.2) is 53.1 Å². The van der Waals surface area contributed by atoms with Gasteiger partial charge in [0.2, 0.25) is 0 Å². The highest BCUT2D eigenvalue weighted by molar-refractivity contribution is 5.89. The van der Waals surface area contributed by atoms with Crippen molar-refractivity contribution in [2.75, 3.05) is 18.5 Å². The molecule has 0 aliphatic heterocycles. The fraction of sp³-hybridized carbons (Fsp3) is 0.333. The number of nitrogens with zero attached hydrogens (tertiary/aromatic N) is 2. The van der Waals surface area contributed by atoms with Gasteiger partial charge in [0.1, 0.15) is 5.76 Å². The molecule has 148 valence electrons. The van der Waals surface area contributed by atoms with E-state index in [1.54, 1.807) is 6.26 Å². The van der Waals surface area contributed by atoms with Gasteiger partial charge in [-0.1, -0.05) is 12.1 Å². The number of anilines is 1. The number of aromatic nitrogens is 2. The highest BCUT2D eigenvalue weighted by Crippen LogP contribution is 2.13. The molecule has 0 radical (unpaired) electrons. The lowest BCUT2D eigenvalue weighted by Gasteiger charge is -2.14. The Bertz CT molecular complexity index is 885. The first-order chi connectivity index (χ1) is 13.5. The number of aryl methyl sites for hydroxylation is 2. The fourth-order valence-corrected chi connectivity index (χ4v) is 3.03. The molecule has 0 aliphatic carbocycles. The van der Waals surface area contributed by atoms with Crippen LogP contribution in [0.3, 0.4) is 0 Å². The van der Waals surface area contributed by atoms with E-state index < -0.39 is 0 Å². The highest BCUT2D eigenvalue weighted by Gasteiger charge is 2.12. The molecular weight excluding hydrogens is 356 g/mol. The number of hydrogen-bond acceptors (Lipinski definition) is 4. The molecule has 1 aromatic carbocycles. The van der Waals surface area contributed by atoms with Crippen LogP contribution in [-0.2, 0) is 13.0 Å². The van der Waals surface area contributed by atoms with Crippen LogP contribution >= 0.6 is 0 Å². The molecule has 1 unspecified atom stereocenters. The summed E-state index contributed by atoms with van der Waals surface area (Å²) in [4.78, 5) is 12.1. The zero-order chi connectivity index (χ0) is 19.9. The third-order valence-corrected chi connectivity index (χ3v) is 4.53. The van der Waals surface area contributed by atoms with E-state index in [0.29, 0.717) is 25.2 Å². The van der Waals surface area contributed by atoms with Crippen LogP contribution in [0.25, 0.3) is 0 Å². The summed E-state index contributed by atoms with van der Waals surface area (Å²) in [6.07, 6.45) is 2.17. The van der Waals surface area contributed by atoms with Crippen LogP contribution in [0.1, 0.15) is 22.7 Å². The summed E-state index contributed by atoms with van der Waals surface area (Å²) in [5.74, 6) is 0.694. The molecule has 2 aromatic heterocycles. The molecule has 0 aliphatic rings. The predicted molar refractivity (Wildman–Crippen MR) is 107 cm³/mol. The molecule has 0 spiro atoms. The maximum atomic E-state index is 12.1. The number of amides is 2. The zero-order valence-corrected chi connectivity index (χ0v) is 16.2. The van der Waals surface area contributed by atoms with Gasteiger partial charge in [-0.05, 0) is 49.7 Å². The number of benzene rings is 1. The molecule has 1 atom stereocenters. The van der Waals surface area contributed by atoms with Crippen molar-refractivity contribution in [3.63, 3.8) is 0 Å². The summed E-state index contributed by atoms with van der Waals surface area (Å²) in [7, 11) is 0. The van der Waals surface area contributed by atoms with Gasteiger partial charge in [-0.3, -0.25) is 4.68 Å². The average Bonchev–Trinajstić information content (AvgIpc) is 3.29. The Morgan fingerprint density at radius 3 is 2.64 bits per heavy atom. The van der Waals surface area contributed by atoms with Gasteiger partial charge in [0.15, 0.2) is 0 Å². The van der Waals surface area contributed by atoms with Gasteiger partial charge in [-0.2, -0.15) is 5.10 Å². The monoisotopic (exact) mass is 382 g/mol. The van der Waals surface area contributed by atoms with Crippen LogP contribution in [-0.4, -0.2) is 34.1 Å². The lowest BCUT2D eigenvalue weighted by atomic mass is 10.1. The second-order valence-electron chi connectivity index (χ2n) is 6.95. The SMILES string of the molecule is Cc1cc(C)n(Cc2ccc(NC(=O)NCC(CO)Cc3ccco3)cc2)n1. The number of furan rings is 1. The Morgan fingerprint density at radius 2 is 2.04 bits per heavy atom. The number of aliphatic hydroxyl groups excluding tert-OH is 1. The Hall–Kier alpha value is -3.06. The van der Waals surface area contributed by atoms with Crippen molar-refractivity contribution in [1.29, 1.82) is 0 Å². The number of nitrogens with one attached hydrogen (secondary N) is 2. The zero-order valence-electron chi connectivity index (χ0n) is 16.2. The predicted octanol–water partition coefficient (Wildman–Crippen LogP) is 3.11. The van der Waals surface area contributed by atoms with E-state index in [1.165, 1.54) is 0 Å². The Balaban J connectivity index is 1.47. The van der Waals surface area contributed by atoms with Crippen molar-refractivity contribution in [1.82, 2.24) is 15.1 Å². The van der Waals surface area contributed by atoms with E-state index in [1.807, 2.05) is 61.0 Å². The van der Waals surface area contributed by atoms with Crippen molar-refractivity contribution in [3.8, 4) is 0 Å². The molecule has 0 bridgehead atoms. The highest BCUT2D eigenvalue weighted by atomic mass is 16.3. The largest absolute Gasteiger partial charge is 0.469 e. The summed E-state index contributed by atoms with van der Waals surface area (Å²) < 4.78 is 7.24. The van der Waals surface area contributed by atoms with Crippen molar-refractivity contribution in [2.24, 2.45) is 5.92 Å². The summed E-state index contributed by atoms with van der Waals surface area (Å²) in [5.41, 5.74) is 3.94. The van der Waals surface area contributed by atoms with Crippen molar-refractivity contribution < 1.29 is 14.3 Å². The van der Waals surface area contributed by atoms with Crippen LogP contribution in [0.5, 0.6) is 0 Å². The smallest absolute Gasteiger partial charge is 0.319 e. The maximum Gasteiger partial charge on any atom is 0.319 e. The molecule has 0 fully saturated rings. The Kier molecular flexibility index (Phi) is 6.49. The van der Waals surface area contributed by atoms with Crippen LogP contribution in [0, 0.1) is 19.8 Å². The number of rotatable bonds is 8. The van der Waals surface area contributed by atoms with Crippen molar-refractivity contribution in [3.05, 3.63) is 71.4 Å². The van der Waals surface area contributed by atoms with Gasteiger partial charge in [-0.15, -0.1) is 0 Å². The van der Waals surface area contributed by atoms with Gasteiger partial charge >= 0.3 is 6.03 Å². The molecule has 7 heteroatoms. The number of carbonyl (C=O) groups excluding carboxylic acids is 1. The van der Waals surface area contributed by atoms with Crippen LogP contribution < -0.4 is 10.6 Å². The van der Waals surface area contributed by atoms with Crippen LogP contribution in [0.4, 0.5) is 10.5 Å². The van der Waals surface area contributed by atoms with Crippen molar-refractivity contribution in [2.45, 2.75) is 26.8 Å². The molecule has 0 saturated heterocycles. The molecule has 0 saturated carbocycles. The van der Waals surface area contributed by atoms with E-state index >= 15 is 0 Å². The molecular formula is C21H26N4O3. The number of hydrogen-bond donors (Lipinski definition) is 3. The lowest BCUT2D eigenvalue weighted by Crippen LogP contribution is -2.34. The average molecular weight is 382 g/mol. The maximum absolute atomic E-state index is 12.1.